The third-order valence-electron chi connectivity index (χ3n) is 3.57. The van der Waals surface area contributed by atoms with E-state index in [1.165, 1.54) is 24.0 Å². The Balaban J connectivity index is 2.15. The third kappa shape index (κ3) is 3.45. The van der Waals surface area contributed by atoms with Gasteiger partial charge >= 0.3 is 0 Å². The summed E-state index contributed by atoms with van der Waals surface area (Å²) in [5.41, 5.74) is 6.17. The molecule has 2 amide bonds. The van der Waals surface area contributed by atoms with E-state index in [-0.39, 0.29) is 23.8 Å². The Morgan fingerprint density at radius 3 is 2.32 bits per heavy atom. The second-order valence-corrected chi connectivity index (χ2v) is 6.88. The van der Waals surface area contributed by atoms with E-state index in [9.17, 15) is 18.0 Å². The van der Waals surface area contributed by atoms with Gasteiger partial charge in [0.15, 0.2) is 0 Å². The van der Waals surface area contributed by atoms with E-state index in [4.69, 9.17) is 9.92 Å². The van der Waals surface area contributed by atoms with Crippen molar-refractivity contribution in [1.82, 2.24) is 4.90 Å². The molecule has 1 aliphatic rings. The van der Waals surface area contributed by atoms with Gasteiger partial charge in [-0.05, 0) is 19.1 Å². The lowest BCUT2D eigenvalue weighted by Gasteiger charge is -2.19. The number of amides is 2. The van der Waals surface area contributed by atoms with Crippen LogP contribution in [-0.2, 0) is 23.9 Å². The number of primary amides is 1. The molecular weight excluding hydrogens is 308 g/mol. The first-order valence-electron chi connectivity index (χ1n) is 6.77. The summed E-state index contributed by atoms with van der Waals surface area (Å²) in [4.78, 5) is 24.1. The molecule has 1 saturated heterocycles. The second-order valence-electron chi connectivity index (χ2n) is 5.31. The molecule has 0 aromatic heterocycles. The molecule has 2 unspecified atom stereocenters. The lowest BCUT2D eigenvalue weighted by molar-refractivity contribution is -0.135. The molecule has 0 bridgehead atoms. The molecular formula is C14H18N2O5S. The number of hydrogen-bond donors (Lipinski definition) is 1. The van der Waals surface area contributed by atoms with Gasteiger partial charge in [0.25, 0.3) is 10.1 Å². The molecule has 1 aromatic carbocycles. The van der Waals surface area contributed by atoms with Crippen LogP contribution in [-0.4, -0.2) is 43.8 Å². The molecule has 7 nitrogen and oxygen atoms in total. The fraction of sp³-hybridized carbons (Fsp3) is 0.429. The van der Waals surface area contributed by atoms with E-state index in [2.05, 4.69) is 0 Å². The van der Waals surface area contributed by atoms with Gasteiger partial charge in [0.1, 0.15) is 6.04 Å². The molecule has 0 spiro atoms. The Hall–Kier alpha value is -1.93. The standard InChI is InChI=1S/C14H18N2O5S/c1-9-3-5-12(6-4-9)22(19,20)21-11-7-13(14(15)18)16(8-11)10(2)17/h3-6,11,13H,7-8H2,1-2H3,(H2,15,18). The number of rotatable bonds is 4. The van der Waals surface area contributed by atoms with Crippen LogP contribution in [0.2, 0.25) is 0 Å². The van der Waals surface area contributed by atoms with E-state index in [1.807, 2.05) is 6.92 Å². The van der Waals surface area contributed by atoms with E-state index in [1.54, 1.807) is 12.1 Å². The van der Waals surface area contributed by atoms with Crippen LogP contribution in [0.3, 0.4) is 0 Å². The molecule has 1 fully saturated rings. The number of aryl methyl sites for hydroxylation is 1. The predicted molar refractivity (Wildman–Crippen MR) is 78.2 cm³/mol. The maximum absolute atomic E-state index is 12.2. The van der Waals surface area contributed by atoms with Crippen molar-refractivity contribution in [3.05, 3.63) is 29.8 Å². The summed E-state index contributed by atoms with van der Waals surface area (Å²) in [5.74, 6) is -1.02. The highest BCUT2D eigenvalue weighted by Gasteiger charge is 2.40. The van der Waals surface area contributed by atoms with Crippen molar-refractivity contribution >= 4 is 21.9 Å². The first-order valence-corrected chi connectivity index (χ1v) is 8.18. The molecule has 1 aromatic rings. The molecule has 0 saturated carbocycles. The number of carbonyl (C=O) groups excluding carboxylic acids is 2. The van der Waals surface area contributed by atoms with Crippen molar-refractivity contribution in [2.24, 2.45) is 5.73 Å². The van der Waals surface area contributed by atoms with Gasteiger partial charge < -0.3 is 10.6 Å². The number of hydrogen-bond acceptors (Lipinski definition) is 5. The van der Waals surface area contributed by atoms with Gasteiger partial charge in [-0.15, -0.1) is 0 Å². The number of carbonyl (C=O) groups is 2. The van der Waals surface area contributed by atoms with Crippen LogP contribution in [0.15, 0.2) is 29.2 Å². The summed E-state index contributed by atoms with van der Waals surface area (Å²) >= 11 is 0. The second kappa shape index (κ2) is 6.05. The lowest BCUT2D eigenvalue weighted by atomic mass is 10.2. The lowest BCUT2D eigenvalue weighted by Crippen LogP contribution is -2.42. The maximum atomic E-state index is 12.2. The fourth-order valence-corrected chi connectivity index (χ4v) is 3.50. The topological polar surface area (TPSA) is 107 Å². The molecule has 2 atom stereocenters. The van der Waals surface area contributed by atoms with E-state index in [0.29, 0.717) is 0 Å². The van der Waals surface area contributed by atoms with Gasteiger partial charge in [0, 0.05) is 19.9 Å². The summed E-state index contributed by atoms with van der Waals surface area (Å²) in [6.45, 7) is 3.16. The van der Waals surface area contributed by atoms with Gasteiger partial charge in [0.2, 0.25) is 11.8 Å². The predicted octanol–water partition coefficient (Wildman–Crippen LogP) is 0.175. The zero-order valence-electron chi connectivity index (χ0n) is 12.4. The van der Waals surface area contributed by atoms with Gasteiger partial charge in [-0.25, -0.2) is 0 Å². The van der Waals surface area contributed by atoms with Gasteiger partial charge in [-0.2, -0.15) is 8.42 Å². The number of likely N-dealkylation sites (tertiary alicyclic amines) is 1. The molecule has 2 rings (SSSR count). The zero-order chi connectivity index (χ0) is 16.5. The van der Waals surface area contributed by atoms with Gasteiger partial charge in [-0.3, -0.25) is 13.8 Å². The minimum atomic E-state index is -3.95. The highest BCUT2D eigenvalue weighted by Crippen LogP contribution is 2.24. The van der Waals surface area contributed by atoms with E-state index >= 15 is 0 Å². The molecule has 0 aliphatic carbocycles. The van der Waals surface area contributed by atoms with Crippen LogP contribution in [0, 0.1) is 6.92 Å². The van der Waals surface area contributed by atoms with Crippen LogP contribution < -0.4 is 5.73 Å². The molecule has 8 heteroatoms. The van der Waals surface area contributed by atoms with Crippen LogP contribution in [0.25, 0.3) is 0 Å². The summed E-state index contributed by atoms with van der Waals surface area (Å²) in [6.07, 6.45) is -0.715. The normalized spacial score (nSPS) is 21.8. The SMILES string of the molecule is CC(=O)N1CC(OS(=O)(=O)c2ccc(C)cc2)CC1C(N)=O. The first kappa shape index (κ1) is 16.4. The van der Waals surface area contributed by atoms with Crippen LogP contribution in [0.1, 0.15) is 18.9 Å². The third-order valence-corrected chi connectivity index (χ3v) is 4.94. The fourth-order valence-electron chi connectivity index (χ4n) is 2.42. The largest absolute Gasteiger partial charge is 0.368 e. The maximum Gasteiger partial charge on any atom is 0.297 e. The highest BCUT2D eigenvalue weighted by molar-refractivity contribution is 7.86. The van der Waals surface area contributed by atoms with Crippen molar-refractivity contribution in [1.29, 1.82) is 0 Å². The summed E-state index contributed by atoms with van der Waals surface area (Å²) in [5, 5.41) is 0. The van der Waals surface area contributed by atoms with E-state index in [0.717, 1.165) is 5.56 Å². The molecule has 1 aliphatic heterocycles. The monoisotopic (exact) mass is 326 g/mol. The Labute approximate surface area is 129 Å². The van der Waals surface area contributed by atoms with E-state index < -0.39 is 28.2 Å². The van der Waals surface area contributed by atoms with Crippen molar-refractivity contribution in [2.45, 2.75) is 37.3 Å². The average Bonchev–Trinajstić information content (AvgIpc) is 2.82. The number of benzene rings is 1. The molecule has 2 N–H and O–H groups in total. The van der Waals surface area contributed by atoms with Crippen molar-refractivity contribution in [3.8, 4) is 0 Å². The average molecular weight is 326 g/mol. The summed E-state index contributed by atoms with van der Waals surface area (Å²) in [6, 6.07) is 5.40. The quantitative estimate of drug-likeness (QED) is 0.794. The number of nitrogens with two attached hydrogens (primary N) is 1. The Morgan fingerprint density at radius 1 is 1.27 bits per heavy atom. The zero-order valence-corrected chi connectivity index (χ0v) is 13.2. The molecule has 0 radical (unpaired) electrons. The van der Waals surface area contributed by atoms with Gasteiger partial charge in [-0.1, -0.05) is 17.7 Å². The van der Waals surface area contributed by atoms with Crippen LogP contribution in [0.5, 0.6) is 0 Å². The summed E-state index contributed by atoms with van der Waals surface area (Å²) in [7, 11) is -3.95. The Morgan fingerprint density at radius 2 is 1.86 bits per heavy atom. The smallest absolute Gasteiger partial charge is 0.297 e. The minimum absolute atomic E-state index is 0.0219. The molecule has 22 heavy (non-hydrogen) atoms. The van der Waals surface area contributed by atoms with Gasteiger partial charge in [0.05, 0.1) is 11.0 Å². The van der Waals surface area contributed by atoms with Crippen molar-refractivity contribution in [2.75, 3.05) is 6.54 Å². The van der Waals surface area contributed by atoms with Crippen molar-refractivity contribution < 1.29 is 22.2 Å². The highest BCUT2D eigenvalue weighted by atomic mass is 32.2. The summed E-state index contributed by atoms with van der Waals surface area (Å²) < 4.78 is 29.6. The minimum Gasteiger partial charge on any atom is -0.368 e. The Kier molecular flexibility index (Phi) is 4.52. The van der Waals surface area contributed by atoms with Crippen molar-refractivity contribution in [3.63, 3.8) is 0 Å². The molecule has 1 heterocycles. The van der Waals surface area contributed by atoms with Crippen LogP contribution >= 0.6 is 0 Å². The Bertz CT molecular complexity index is 662. The van der Waals surface area contributed by atoms with Crippen LogP contribution in [0.4, 0.5) is 0 Å². The first-order chi connectivity index (χ1) is 10.2. The molecule has 120 valence electrons. The number of nitrogens with zero attached hydrogens (tertiary/aromatic N) is 1.